The summed E-state index contributed by atoms with van der Waals surface area (Å²) in [6, 6.07) is 0. The molecule has 6 atom stereocenters. The molecule has 0 amide bonds. The van der Waals surface area contributed by atoms with Crippen LogP contribution in [0.4, 0.5) is 0 Å². The van der Waals surface area contributed by atoms with Crippen molar-refractivity contribution in [3.8, 4) is 0 Å². The quantitative estimate of drug-likeness (QED) is 0.368. The smallest absolute Gasteiger partial charge is 0.324 e. The van der Waals surface area contributed by atoms with Crippen molar-refractivity contribution >= 4 is 23.5 Å². The number of fused-ring (bicyclic) bond motifs is 4. The minimum absolute atomic E-state index is 0.129. The van der Waals surface area contributed by atoms with Gasteiger partial charge in [0.2, 0.25) is 0 Å². The highest BCUT2D eigenvalue weighted by molar-refractivity contribution is 6.26. The van der Waals surface area contributed by atoms with E-state index in [0.29, 0.717) is 0 Å². The van der Waals surface area contributed by atoms with E-state index in [1.807, 2.05) is 19.9 Å². The molecule has 33 heavy (non-hydrogen) atoms. The molecule has 2 saturated carbocycles. The number of carbonyl (C=O) groups is 4. The highest BCUT2D eigenvalue weighted by atomic mass is 16.5. The van der Waals surface area contributed by atoms with Crippen molar-refractivity contribution in [1.82, 2.24) is 0 Å². The number of methoxy groups -OCH3 is 1. The lowest BCUT2D eigenvalue weighted by molar-refractivity contribution is -0.200. The zero-order chi connectivity index (χ0) is 25.4. The van der Waals surface area contributed by atoms with Crippen molar-refractivity contribution < 1.29 is 34.1 Å². The number of aliphatic hydroxyl groups is 1. The maximum absolute atomic E-state index is 13.9. The second-order valence-electron chi connectivity index (χ2n) is 10.9. The average Bonchev–Trinajstić information content (AvgIpc) is 2.72. The standard InChI is InChI=1S/C26H34O7/c1-14(2)16-9-12-24(6)17(22(16,4)11-10-18(27)28)13-23(5)15(3)26(24,21(31)33-8)20(30)25(7,32)19(23)29/h9,17,32H,1,3,10-13H2,2,4-8H3,(H,27,28)/t17-,22+,23+,24-,25-,26-/m0/s1. The normalized spacial score (nSPS) is 42.3. The Balaban J connectivity index is 2.43. The Morgan fingerprint density at radius 1 is 1.18 bits per heavy atom. The third kappa shape index (κ3) is 2.78. The van der Waals surface area contributed by atoms with Gasteiger partial charge in [0.15, 0.2) is 22.6 Å². The van der Waals surface area contributed by atoms with Crippen LogP contribution in [0.25, 0.3) is 0 Å². The first-order chi connectivity index (χ1) is 15.0. The molecule has 7 heteroatoms. The third-order valence-corrected chi connectivity index (χ3v) is 9.01. The molecule has 0 aromatic rings. The summed E-state index contributed by atoms with van der Waals surface area (Å²) in [7, 11) is 1.18. The van der Waals surface area contributed by atoms with Crippen LogP contribution in [-0.4, -0.2) is 46.4 Å². The molecule has 0 aromatic heterocycles. The predicted molar refractivity (Wildman–Crippen MR) is 121 cm³/mol. The largest absolute Gasteiger partial charge is 0.481 e. The van der Waals surface area contributed by atoms with E-state index in [-0.39, 0.29) is 31.3 Å². The number of ether oxygens (including phenoxy) is 1. The Morgan fingerprint density at radius 3 is 2.24 bits per heavy atom. The van der Waals surface area contributed by atoms with Crippen LogP contribution in [-0.2, 0) is 23.9 Å². The van der Waals surface area contributed by atoms with Gasteiger partial charge >= 0.3 is 11.9 Å². The highest BCUT2D eigenvalue weighted by Gasteiger charge is 2.80. The van der Waals surface area contributed by atoms with Gasteiger partial charge in [-0.25, -0.2) is 0 Å². The number of hydrogen-bond donors (Lipinski definition) is 2. The molecule has 0 radical (unpaired) electrons. The first-order valence-electron chi connectivity index (χ1n) is 11.2. The fraction of sp³-hybridized carbons (Fsp3) is 0.615. The molecule has 0 heterocycles. The van der Waals surface area contributed by atoms with Crippen molar-refractivity contribution in [3.63, 3.8) is 0 Å². The van der Waals surface area contributed by atoms with Crippen LogP contribution in [0.5, 0.6) is 0 Å². The number of hydrogen-bond acceptors (Lipinski definition) is 6. The lowest BCUT2D eigenvalue weighted by Gasteiger charge is -2.68. The van der Waals surface area contributed by atoms with Crippen LogP contribution in [0.3, 0.4) is 0 Å². The third-order valence-electron chi connectivity index (χ3n) is 9.01. The monoisotopic (exact) mass is 458 g/mol. The van der Waals surface area contributed by atoms with E-state index < -0.39 is 56.7 Å². The van der Waals surface area contributed by atoms with Crippen molar-refractivity contribution in [3.05, 3.63) is 36.0 Å². The number of ketones is 2. The molecule has 0 saturated heterocycles. The van der Waals surface area contributed by atoms with E-state index in [9.17, 15) is 29.4 Å². The molecule has 2 bridgehead atoms. The molecule has 180 valence electrons. The van der Waals surface area contributed by atoms with Gasteiger partial charge in [-0.1, -0.05) is 38.7 Å². The number of allylic oxidation sites excluding steroid dienone is 3. The summed E-state index contributed by atoms with van der Waals surface area (Å²) < 4.78 is 5.16. The minimum atomic E-state index is -2.38. The zero-order valence-corrected chi connectivity index (χ0v) is 20.3. The fourth-order valence-corrected chi connectivity index (χ4v) is 7.31. The summed E-state index contributed by atoms with van der Waals surface area (Å²) in [5.41, 5.74) is -5.83. The molecule has 3 aliphatic rings. The van der Waals surface area contributed by atoms with Gasteiger partial charge in [-0.15, -0.1) is 0 Å². The van der Waals surface area contributed by atoms with Crippen LogP contribution in [0, 0.1) is 27.6 Å². The SMILES string of the molecule is C=C(C)C1=CC[C@@]2(C)[C@@H](C[C@]3(C)C(=C)[C@@]2(C(=O)OC)C(=O)[C@@](C)(O)C3=O)[C@]1(C)CCC(=O)O. The molecule has 0 aliphatic heterocycles. The van der Waals surface area contributed by atoms with Gasteiger partial charge in [-0.05, 0) is 62.5 Å². The van der Waals surface area contributed by atoms with Gasteiger partial charge in [-0.3, -0.25) is 19.2 Å². The Labute approximate surface area is 194 Å². The van der Waals surface area contributed by atoms with Crippen molar-refractivity contribution in [2.24, 2.45) is 27.6 Å². The summed E-state index contributed by atoms with van der Waals surface area (Å²) in [5, 5.41) is 20.6. The summed E-state index contributed by atoms with van der Waals surface area (Å²) in [6.07, 6.45) is 2.52. The maximum atomic E-state index is 13.9. The molecule has 0 aromatic carbocycles. The first-order valence-corrected chi connectivity index (χ1v) is 11.2. The van der Waals surface area contributed by atoms with Crippen LogP contribution >= 0.6 is 0 Å². The Kier molecular flexibility index (Phi) is 5.49. The lowest BCUT2D eigenvalue weighted by Crippen LogP contribution is -2.76. The number of aliphatic carboxylic acids is 1. The van der Waals surface area contributed by atoms with Crippen molar-refractivity contribution in [2.75, 3.05) is 7.11 Å². The van der Waals surface area contributed by atoms with Crippen LogP contribution in [0.2, 0.25) is 0 Å². The van der Waals surface area contributed by atoms with Gasteiger partial charge in [0.05, 0.1) is 12.5 Å². The maximum Gasteiger partial charge on any atom is 0.324 e. The number of rotatable bonds is 5. The summed E-state index contributed by atoms with van der Waals surface area (Å²) in [6.45, 7) is 16.5. The van der Waals surface area contributed by atoms with E-state index in [1.54, 1.807) is 13.8 Å². The average molecular weight is 459 g/mol. The molecule has 3 aliphatic carbocycles. The van der Waals surface area contributed by atoms with E-state index >= 15 is 0 Å². The number of Topliss-reactive ketones (excluding diaryl/α,β-unsaturated/α-hetero) is 2. The van der Waals surface area contributed by atoms with E-state index in [0.717, 1.165) is 18.1 Å². The van der Waals surface area contributed by atoms with E-state index in [2.05, 4.69) is 13.2 Å². The van der Waals surface area contributed by atoms with Crippen LogP contribution in [0.1, 0.15) is 60.3 Å². The van der Waals surface area contributed by atoms with Gasteiger partial charge in [-0.2, -0.15) is 0 Å². The number of carbonyl (C=O) groups excluding carboxylic acids is 3. The molecule has 0 spiro atoms. The predicted octanol–water partition coefficient (Wildman–Crippen LogP) is 3.41. The second-order valence-corrected chi connectivity index (χ2v) is 10.9. The molecule has 2 fully saturated rings. The second kappa shape index (κ2) is 7.23. The number of carboxylic acid groups (broad SMARTS) is 1. The molecular weight excluding hydrogens is 424 g/mol. The highest BCUT2D eigenvalue weighted by Crippen LogP contribution is 2.74. The van der Waals surface area contributed by atoms with Crippen molar-refractivity contribution in [1.29, 1.82) is 0 Å². The molecular formula is C26H34O7. The fourth-order valence-electron chi connectivity index (χ4n) is 7.31. The van der Waals surface area contributed by atoms with E-state index in [4.69, 9.17) is 4.74 Å². The van der Waals surface area contributed by atoms with Gasteiger partial charge in [0.1, 0.15) is 0 Å². The number of carboxylic acids is 1. The Morgan fingerprint density at radius 2 is 1.76 bits per heavy atom. The molecule has 3 rings (SSSR count). The zero-order valence-electron chi connectivity index (χ0n) is 20.3. The topological polar surface area (TPSA) is 118 Å². The van der Waals surface area contributed by atoms with Crippen molar-refractivity contribution in [2.45, 2.75) is 65.9 Å². The lowest BCUT2D eigenvalue weighted by atomic mass is 9.33. The van der Waals surface area contributed by atoms with Gasteiger partial charge in [0.25, 0.3) is 0 Å². The van der Waals surface area contributed by atoms with E-state index in [1.165, 1.54) is 7.11 Å². The van der Waals surface area contributed by atoms with Crippen LogP contribution in [0.15, 0.2) is 36.0 Å². The molecule has 2 N–H and O–H groups in total. The summed E-state index contributed by atoms with van der Waals surface area (Å²) in [4.78, 5) is 52.5. The molecule has 7 nitrogen and oxygen atoms in total. The number of esters is 1. The Bertz CT molecular complexity index is 1020. The summed E-state index contributed by atoms with van der Waals surface area (Å²) in [5.74, 6) is -3.89. The minimum Gasteiger partial charge on any atom is -0.481 e. The Hall–Kier alpha value is -2.54. The van der Waals surface area contributed by atoms with Gasteiger partial charge < -0.3 is 14.9 Å². The first kappa shape index (κ1) is 25.1. The summed E-state index contributed by atoms with van der Waals surface area (Å²) >= 11 is 0. The van der Waals surface area contributed by atoms with Crippen LogP contribution < -0.4 is 0 Å². The molecule has 0 unspecified atom stereocenters. The van der Waals surface area contributed by atoms with Gasteiger partial charge in [0, 0.05) is 11.8 Å².